The molecule has 0 aliphatic carbocycles. The number of phenolic OH excluding ortho intramolecular Hbond substituents is 1. The maximum atomic E-state index is 9.32. The van der Waals surface area contributed by atoms with Gasteiger partial charge < -0.3 is 10.4 Å². The van der Waals surface area contributed by atoms with Gasteiger partial charge in [-0.3, -0.25) is 0 Å². The molecule has 0 spiro atoms. The molecule has 0 aliphatic heterocycles. The molecule has 0 aromatic heterocycles. The highest BCUT2D eigenvalue weighted by atomic mass is 35.5. The van der Waals surface area contributed by atoms with Crippen molar-refractivity contribution in [3.05, 3.63) is 34.0 Å². The van der Waals surface area contributed by atoms with Crippen LogP contribution in [0.15, 0.2) is 23.9 Å². The monoisotopic (exact) mass is 253 g/mol. The van der Waals surface area contributed by atoms with Gasteiger partial charge in [-0.1, -0.05) is 23.2 Å². The molecule has 4 nitrogen and oxygen atoms in total. The minimum atomic E-state index is -0.141. The van der Waals surface area contributed by atoms with Crippen molar-refractivity contribution in [3.8, 4) is 17.9 Å². The lowest BCUT2D eigenvalue weighted by Gasteiger charge is -2.07. The van der Waals surface area contributed by atoms with Gasteiger partial charge in [0.1, 0.15) is 28.5 Å². The molecule has 0 saturated carbocycles. The van der Waals surface area contributed by atoms with Crippen LogP contribution in [0.3, 0.4) is 0 Å². The Kier molecular flexibility index (Phi) is 4.02. The van der Waals surface area contributed by atoms with Crippen molar-refractivity contribution in [1.29, 1.82) is 10.5 Å². The van der Waals surface area contributed by atoms with E-state index in [1.165, 1.54) is 12.1 Å². The van der Waals surface area contributed by atoms with Crippen LogP contribution in [-0.2, 0) is 0 Å². The Bertz CT molecular complexity index is 510. The van der Waals surface area contributed by atoms with Crippen LogP contribution in [-0.4, -0.2) is 5.11 Å². The number of nitrogens with zero attached hydrogens (tertiary/aromatic N) is 2. The molecule has 1 aromatic carbocycles. The first-order valence-corrected chi connectivity index (χ1v) is 4.79. The van der Waals surface area contributed by atoms with Gasteiger partial charge in [0.2, 0.25) is 0 Å². The maximum absolute atomic E-state index is 9.32. The van der Waals surface area contributed by atoms with Gasteiger partial charge >= 0.3 is 0 Å². The summed E-state index contributed by atoms with van der Waals surface area (Å²) in [7, 11) is 0. The fourth-order valence-corrected chi connectivity index (χ4v) is 1.39. The third-order valence-electron chi connectivity index (χ3n) is 1.67. The number of hydrogen-bond donors (Lipinski definition) is 2. The van der Waals surface area contributed by atoms with Crippen LogP contribution in [0, 0.1) is 22.7 Å². The topological polar surface area (TPSA) is 79.8 Å². The fourth-order valence-electron chi connectivity index (χ4n) is 0.908. The molecule has 16 heavy (non-hydrogen) atoms. The van der Waals surface area contributed by atoms with E-state index in [4.69, 9.17) is 33.7 Å². The largest absolute Gasteiger partial charge is 0.506 e. The van der Waals surface area contributed by atoms with Gasteiger partial charge in [-0.05, 0) is 12.1 Å². The molecule has 0 bridgehead atoms. The lowest BCUT2D eigenvalue weighted by atomic mass is 10.3. The first-order chi connectivity index (χ1) is 7.60. The van der Waals surface area contributed by atoms with Crippen LogP contribution in [0.2, 0.25) is 10.0 Å². The van der Waals surface area contributed by atoms with Gasteiger partial charge in [0.05, 0.1) is 10.7 Å². The Morgan fingerprint density at radius 1 is 1.31 bits per heavy atom. The number of benzene rings is 1. The molecule has 1 aromatic rings. The molecule has 0 radical (unpaired) electrons. The molecule has 6 heteroatoms. The van der Waals surface area contributed by atoms with Crippen LogP contribution in [0.4, 0.5) is 5.69 Å². The summed E-state index contributed by atoms with van der Waals surface area (Å²) >= 11 is 11.6. The van der Waals surface area contributed by atoms with E-state index in [0.29, 0.717) is 0 Å². The molecule has 0 heterocycles. The molecule has 0 fully saturated rings. The number of halogens is 2. The number of hydrogen-bond acceptors (Lipinski definition) is 4. The Labute approximate surface area is 102 Å². The average Bonchev–Trinajstić information content (AvgIpc) is 2.29. The van der Waals surface area contributed by atoms with Gasteiger partial charge in [0.15, 0.2) is 0 Å². The second kappa shape index (κ2) is 5.27. The quantitative estimate of drug-likeness (QED) is 0.795. The Balaban J connectivity index is 3.09. The van der Waals surface area contributed by atoms with E-state index >= 15 is 0 Å². The summed E-state index contributed by atoms with van der Waals surface area (Å²) in [6.45, 7) is 0. The number of allylic oxidation sites excluding steroid dienone is 1. The molecule has 1 rings (SSSR count). The fraction of sp³-hybridized carbons (Fsp3) is 0. The molecule has 0 aliphatic rings. The van der Waals surface area contributed by atoms with Crippen LogP contribution in [0.1, 0.15) is 0 Å². The van der Waals surface area contributed by atoms with E-state index in [9.17, 15) is 5.11 Å². The third kappa shape index (κ3) is 2.58. The molecule has 80 valence electrons. The number of nitrogens with one attached hydrogen (secondary N) is 1. The summed E-state index contributed by atoms with van der Waals surface area (Å²) < 4.78 is 0. The molecule has 0 unspecified atom stereocenters. The highest BCUT2D eigenvalue weighted by molar-refractivity contribution is 6.40. The number of anilines is 1. The Morgan fingerprint density at radius 3 is 2.50 bits per heavy atom. The van der Waals surface area contributed by atoms with Crippen molar-refractivity contribution in [3.63, 3.8) is 0 Å². The smallest absolute Gasteiger partial charge is 0.145 e. The van der Waals surface area contributed by atoms with Crippen LogP contribution >= 0.6 is 23.2 Å². The van der Waals surface area contributed by atoms with Gasteiger partial charge in [-0.2, -0.15) is 10.5 Å². The summed E-state index contributed by atoms with van der Waals surface area (Å²) in [6.07, 6.45) is 1.16. The van der Waals surface area contributed by atoms with Gasteiger partial charge in [-0.15, -0.1) is 0 Å². The Morgan fingerprint density at radius 2 is 1.94 bits per heavy atom. The van der Waals surface area contributed by atoms with E-state index in [1.807, 2.05) is 0 Å². The number of phenols is 1. The van der Waals surface area contributed by atoms with Crippen molar-refractivity contribution in [2.45, 2.75) is 0 Å². The maximum Gasteiger partial charge on any atom is 0.145 e. The molecular weight excluding hydrogens is 249 g/mol. The normalized spacial score (nSPS) is 8.75. The second-order valence-corrected chi connectivity index (χ2v) is 3.47. The first-order valence-electron chi connectivity index (χ1n) is 4.04. The number of nitriles is 2. The van der Waals surface area contributed by atoms with Gasteiger partial charge in [0, 0.05) is 6.20 Å². The average molecular weight is 254 g/mol. The predicted molar refractivity (Wildman–Crippen MR) is 61.1 cm³/mol. The van der Waals surface area contributed by atoms with Crippen molar-refractivity contribution < 1.29 is 5.11 Å². The zero-order chi connectivity index (χ0) is 12.1. The van der Waals surface area contributed by atoms with E-state index in [-0.39, 0.29) is 27.1 Å². The minimum Gasteiger partial charge on any atom is -0.506 e. The summed E-state index contributed by atoms with van der Waals surface area (Å²) in [5, 5.41) is 29.2. The van der Waals surface area contributed by atoms with E-state index in [2.05, 4.69) is 5.32 Å². The summed E-state index contributed by atoms with van der Waals surface area (Å²) in [4.78, 5) is 0. The third-order valence-corrected chi connectivity index (χ3v) is 2.37. The van der Waals surface area contributed by atoms with Crippen molar-refractivity contribution in [1.82, 2.24) is 0 Å². The molecule has 0 atom stereocenters. The SMILES string of the molecule is N#CC(C#N)=CNc1c(Cl)ccc(O)c1Cl. The first kappa shape index (κ1) is 12.2. The molecule has 0 amide bonds. The highest BCUT2D eigenvalue weighted by Crippen LogP contribution is 2.36. The van der Waals surface area contributed by atoms with E-state index in [1.54, 1.807) is 12.1 Å². The van der Waals surface area contributed by atoms with Crippen LogP contribution < -0.4 is 5.32 Å². The Hall–Kier alpha value is -1.88. The van der Waals surface area contributed by atoms with E-state index < -0.39 is 0 Å². The summed E-state index contributed by atoms with van der Waals surface area (Å²) in [5.74, 6) is -0.141. The highest BCUT2D eigenvalue weighted by Gasteiger charge is 2.08. The predicted octanol–water partition coefficient (Wildman–Crippen LogP) is 3.04. The van der Waals surface area contributed by atoms with Crippen molar-refractivity contribution in [2.24, 2.45) is 0 Å². The van der Waals surface area contributed by atoms with Gasteiger partial charge in [-0.25, -0.2) is 0 Å². The van der Waals surface area contributed by atoms with Crippen molar-refractivity contribution in [2.75, 3.05) is 5.32 Å². The zero-order valence-electron chi connectivity index (χ0n) is 7.83. The second-order valence-electron chi connectivity index (χ2n) is 2.68. The summed E-state index contributed by atoms with van der Waals surface area (Å²) in [6, 6.07) is 6.11. The molecule has 2 N–H and O–H groups in total. The van der Waals surface area contributed by atoms with Gasteiger partial charge in [0.25, 0.3) is 0 Å². The minimum absolute atomic E-state index is 0.0268. The zero-order valence-corrected chi connectivity index (χ0v) is 9.34. The van der Waals surface area contributed by atoms with E-state index in [0.717, 1.165) is 6.20 Å². The number of aromatic hydroxyl groups is 1. The lowest BCUT2D eigenvalue weighted by Crippen LogP contribution is -1.92. The van der Waals surface area contributed by atoms with Crippen LogP contribution in [0.25, 0.3) is 0 Å². The lowest BCUT2D eigenvalue weighted by molar-refractivity contribution is 0.476. The van der Waals surface area contributed by atoms with Crippen molar-refractivity contribution >= 4 is 28.9 Å². The standard InChI is InChI=1S/C10H5Cl2N3O/c11-7-1-2-8(16)9(12)10(7)15-5-6(3-13)4-14/h1-2,5,15-16H. The van der Waals surface area contributed by atoms with Crippen LogP contribution in [0.5, 0.6) is 5.75 Å². The number of rotatable bonds is 2. The molecular formula is C10H5Cl2N3O. The summed E-state index contributed by atoms with van der Waals surface area (Å²) in [5.41, 5.74) is 0.113. The molecule has 0 saturated heterocycles.